The van der Waals surface area contributed by atoms with Crippen molar-refractivity contribution in [2.24, 2.45) is 11.8 Å². The molecule has 0 saturated heterocycles. The van der Waals surface area contributed by atoms with Gasteiger partial charge in [-0.1, -0.05) is 13.8 Å². The van der Waals surface area contributed by atoms with Crippen LogP contribution in [0.3, 0.4) is 0 Å². The largest absolute Gasteiger partial charge is 0.396 e. The molecule has 3 N–H and O–H groups in total. The summed E-state index contributed by atoms with van der Waals surface area (Å²) >= 11 is 0. The summed E-state index contributed by atoms with van der Waals surface area (Å²) in [6.45, 7) is 6.65. The number of rotatable bonds is 7. The van der Waals surface area contributed by atoms with Gasteiger partial charge in [-0.3, -0.25) is 9.59 Å². The Morgan fingerprint density at radius 3 is 2.70 bits per heavy atom. The Bertz CT molecular complexity index is 494. The SMILES string of the molecule is Cc1cc(=O)[nH]cc1C(=O)NCC(CCO)CC(C)C. The molecule has 1 unspecified atom stereocenters. The number of aromatic amines is 1. The monoisotopic (exact) mass is 280 g/mol. The van der Waals surface area contributed by atoms with E-state index in [-0.39, 0.29) is 24.0 Å². The van der Waals surface area contributed by atoms with Crippen molar-refractivity contribution in [1.82, 2.24) is 10.3 Å². The molecule has 1 rings (SSSR count). The molecule has 0 aliphatic rings. The van der Waals surface area contributed by atoms with Crippen LogP contribution in [0.25, 0.3) is 0 Å². The molecule has 5 heteroatoms. The van der Waals surface area contributed by atoms with E-state index >= 15 is 0 Å². The van der Waals surface area contributed by atoms with Crippen molar-refractivity contribution in [2.45, 2.75) is 33.6 Å². The molecule has 5 nitrogen and oxygen atoms in total. The summed E-state index contributed by atoms with van der Waals surface area (Å²) in [5, 5.41) is 11.9. The van der Waals surface area contributed by atoms with Crippen LogP contribution in [0.1, 0.15) is 42.6 Å². The summed E-state index contributed by atoms with van der Waals surface area (Å²) in [6.07, 6.45) is 3.09. The lowest BCUT2D eigenvalue weighted by molar-refractivity contribution is 0.0940. The van der Waals surface area contributed by atoms with Crippen LogP contribution < -0.4 is 10.9 Å². The van der Waals surface area contributed by atoms with Gasteiger partial charge >= 0.3 is 0 Å². The summed E-state index contributed by atoms with van der Waals surface area (Å²) in [5.41, 5.74) is 0.933. The number of H-pyrrole nitrogens is 1. The molecule has 0 aliphatic carbocycles. The van der Waals surface area contributed by atoms with Gasteiger partial charge in [0.15, 0.2) is 0 Å². The minimum absolute atomic E-state index is 0.130. The number of aliphatic hydroxyl groups is 1. The smallest absolute Gasteiger partial charge is 0.253 e. The number of aryl methyl sites for hydroxylation is 1. The summed E-state index contributed by atoms with van der Waals surface area (Å²) in [6, 6.07) is 1.41. The van der Waals surface area contributed by atoms with Gasteiger partial charge in [0.25, 0.3) is 5.91 Å². The van der Waals surface area contributed by atoms with Gasteiger partial charge in [0, 0.05) is 25.4 Å². The predicted molar refractivity (Wildman–Crippen MR) is 78.8 cm³/mol. The van der Waals surface area contributed by atoms with Gasteiger partial charge in [0.05, 0.1) is 5.56 Å². The minimum atomic E-state index is -0.211. The zero-order valence-corrected chi connectivity index (χ0v) is 12.4. The van der Waals surface area contributed by atoms with E-state index in [1.807, 2.05) is 0 Å². The summed E-state index contributed by atoms with van der Waals surface area (Å²) in [5.74, 6) is 0.607. The van der Waals surface area contributed by atoms with Crippen molar-refractivity contribution in [1.29, 1.82) is 0 Å². The molecule has 0 aromatic carbocycles. The van der Waals surface area contributed by atoms with E-state index in [1.165, 1.54) is 12.3 Å². The number of carbonyl (C=O) groups excluding carboxylic acids is 1. The molecule has 20 heavy (non-hydrogen) atoms. The normalized spacial score (nSPS) is 12.4. The van der Waals surface area contributed by atoms with Crippen LogP contribution >= 0.6 is 0 Å². The van der Waals surface area contributed by atoms with Crippen LogP contribution in [-0.2, 0) is 0 Å². The Kier molecular flexibility index (Phi) is 6.45. The number of aromatic nitrogens is 1. The van der Waals surface area contributed by atoms with Gasteiger partial charge in [-0.05, 0) is 37.2 Å². The average molecular weight is 280 g/mol. The Balaban J connectivity index is 2.62. The van der Waals surface area contributed by atoms with Crippen molar-refractivity contribution < 1.29 is 9.90 Å². The Labute approximate surface area is 119 Å². The number of carbonyl (C=O) groups is 1. The van der Waals surface area contributed by atoms with Gasteiger partial charge in [-0.25, -0.2) is 0 Å². The molecular weight excluding hydrogens is 256 g/mol. The minimum Gasteiger partial charge on any atom is -0.396 e. The van der Waals surface area contributed by atoms with Crippen LogP contribution in [0.4, 0.5) is 0 Å². The van der Waals surface area contributed by atoms with E-state index < -0.39 is 0 Å². The summed E-state index contributed by atoms with van der Waals surface area (Å²) < 4.78 is 0. The molecule has 0 aliphatic heterocycles. The second-order valence-corrected chi connectivity index (χ2v) is 5.61. The molecule has 0 radical (unpaired) electrons. The maximum Gasteiger partial charge on any atom is 0.253 e. The van der Waals surface area contributed by atoms with Gasteiger partial charge in [0.1, 0.15) is 0 Å². The highest BCUT2D eigenvalue weighted by atomic mass is 16.3. The molecule has 1 aromatic heterocycles. The Hall–Kier alpha value is -1.62. The fourth-order valence-electron chi connectivity index (χ4n) is 2.30. The number of amides is 1. The van der Waals surface area contributed by atoms with Crippen LogP contribution in [0.2, 0.25) is 0 Å². The van der Waals surface area contributed by atoms with Crippen molar-refractivity contribution >= 4 is 5.91 Å². The first-order chi connectivity index (χ1) is 9.43. The van der Waals surface area contributed by atoms with Crippen LogP contribution in [-0.4, -0.2) is 29.1 Å². The molecule has 112 valence electrons. The number of hydrogen-bond donors (Lipinski definition) is 3. The van der Waals surface area contributed by atoms with E-state index in [1.54, 1.807) is 6.92 Å². The number of hydrogen-bond acceptors (Lipinski definition) is 3. The number of pyridine rings is 1. The summed E-state index contributed by atoms with van der Waals surface area (Å²) in [4.78, 5) is 25.7. The van der Waals surface area contributed by atoms with Crippen molar-refractivity contribution in [3.63, 3.8) is 0 Å². The third-order valence-electron chi connectivity index (χ3n) is 3.27. The molecular formula is C15H24N2O3. The van der Waals surface area contributed by atoms with Gasteiger partial charge < -0.3 is 15.4 Å². The summed E-state index contributed by atoms with van der Waals surface area (Å²) in [7, 11) is 0. The first kappa shape index (κ1) is 16.4. The highest BCUT2D eigenvalue weighted by Crippen LogP contribution is 2.14. The lowest BCUT2D eigenvalue weighted by Gasteiger charge is -2.18. The lowest BCUT2D eigenvalue weighted by atomic mass is 9.94. The average Bonchev–Trinajstić information content (AvgIpc) is 2.35. The topological polar surface area (TPSA) is 82.2 Å². The van der Waals surface area contributed by atoms with Gasteiger partial charge in [0.2, 0.25) is 5.56 Å². The molecule has 1 heterocycles. The fourth-order valence-corrected chi connectivity index (χ4v) is 2.30. The quantitative estimate of drug-likeness (QED) is 0.707. The number of aliphatic hydroxyl groups excluding tert-OH is 1. The zero-order valence-electron chi connectivity index (χ0n) is 12.4. The zero-order chi connectivity index (χ0) is 15.1. The third kappa shape index (κ3) is 5.17. The maximum absolute atomic E-state index is 12.1. The van der Waals surface area contributed by atoms with E-state index in [2.05, 4.69) is 24.1 Å². The second kappa shape index (κ2) is 7.85. The Morgan fingerprint density at radius 2 is 2.15 bits per heavy atom. The maximum atomic E-state index is 12.1. The van der Waals surface area contributed by atoms with Crippen molar-refractivity contribution in [2.75, 3.05) is 13.2 Å². The lowest BCUT2D eigenvalue weighted by Crippen LogP contribution is -2.31. The molecule has 1 atom stereocenters. The predicted octanol–water partition coefficient (Wildman–Crippen LogP) is 1.46. The third-order valence-corrected chi connectivity index (χ3v) is 3.27. The van der Waals surface area contributed by atoms with Crippen LogP contribution in [0, 0.1) is 18.8 Å². The first-order valence-corrected chi connectivity index (χ1v) is 7.02. The highest BCUT2D eigenvalue weighted by Gasteiger charge is 2.14. The molecule has 1 aromatic rings. The molecule has 0 fully saturated rings. The van der Waals surface area contributed by atoms with Gasteiger partial charge in [-0.2, -0.15) is 0 Å². The van der Waals surface area contributed by atoms with Gasteiger partial charge in [-0.15, -0.1) is 0 Å². The van der Waals surface area contributed by atoms with Crippen molar-refractivity contribution in [3.8, 4) is 0 Å². The van der Waals surface area contributed by atoms with E-state index in [9.17, 15) is 9.59 Å². The highest BCUT2D eigenvalue weighted by molar-refractivity contribution is 5.95. The van der Waals surface area contributed by atoms with E-state index in [0.717, 1.165) is 6.42 Å². The second-order valence-electron chi connectivity index (χ2n) is 5.61. The number of nitrogens with one attached hydrogen (secondary N) is 2. The van der Waals surface area contributed by atoms with Crippen molar-refractivity contribution in [3.05, 3.63) is 33.7 Å². The first-order valence-electron chi connectivity index (χ1n) is 7.02. The van der Waals surface area contributed by atoms with Crippen LogP contribution in [0.15, 0.2) is 17.1 Å². The van der Waals surface area contributed by atoms with Crippen LogP contribution in [0.5, 0.6) is 0 Å². The molecule has 0 spiro atoms. The Morgan fingerprint density at radius 1 is 1.45 bits per heavy atom. The van der Waals surface area contributed by atoms with E-state index in [0.29, 0.717) is 30.0 Å². The molecule has 1 amide bonds. The molecule has 0 bridgehead atoms. The standard InChI is InChI=1S/C15H24N2O3/c1-10(2)6-12(4-5-18)8-17-15(20)13-9-16-14(19)7-11(13)3/h7,9-10,12,18H,4-6,8H2,1-3H3,(H,16,19)(H,17,20). The molecule has 0 saturated carbocycles. The van der Waals surface area contributed by atoms with E-state index in [4.69, 9.17) is 5.11 Å². The fraction of sp³-hybridized carbons (Fsp3) is 0.600.